The number of nitrogens with one attached hydrogen (secondary N) is 1. The van der Waals surface area contributed by atoms with Crippen LogP contribution in [-0.2, 0) is 38.4 Å². The molecule has 12 heteroatoms. The van der Waals surface area contributed by atoms with Crippen molar-refractivity contribution in [2.45, 2.75) is 5.14 Å². The second-order valence-electron chi connectivity index (χ2n) is 11.2. The second kappa shape index (κ2) is 18.4. The predicted molar refractivity (Wildman–Crippen MR) is 214 cm³/mol. The molecule has 0 fully saturated rings. The number of rotatable bonds is 9. The van der Waals surface area contributed by atoms with Crippen LogP contribution in [0.4, 0.5) is 0 Å². The van der Waals surface area contributed by atoms with Crippen molar-refractivity contribution in [3.63, 3.8) is 0 Å². The van der Waals surface area contributed by atoms with Crippen molar-refractivity contribution < 1.29 is 38.4 Å². The molecule has 0 aliphatic rings. The molecule has 1 heterocycles. The van der Waals surface area contributed by atoms with Gasteiger partial charge in [0.2, 0.25) is 0 Å². The van der Waals surface area contributed by atoms with Crippen molar-refractivity contribution in [1.29, 1.82) is 0 Å². The first-order valence-electron chi connectivity index (χ1n) is 15.6. The Morgan fingerprint density at radius 3 is 0.765 bits per heavy atom. The monoisotopic (exact) mass is 846 g/mol. The van der Waals surface area contributed by atoms with Crippen LogP contribution in [0.25, 0.3) is 0 Å². The molecule has 0 saturated carbocycles. The van der Waals surface area contributed by atoms with Crippen LogP contribution < -0.4 is 35.2 Å². The molecule has 7 rings (SSSR count). The van der Waals surface area contributed by atoms with E-state index in [0.717, 1.165) is 3.40 Å². The Hall–Kier alpha value is -3.39. The van der Waals surface area contributed by atoms with E-state index < -0.39 is 26.6 Å². The fraction of sp³-hybridized carbons (Fsp3) is 0.0256. The molecule has 0 atom stereocenters. The quantitative estimate of drug-likeness (QED) is 0.156. The van der Waals surface area contributed by atoms with Gasteiger partial charge in [0.1, 0.15) is 5.14 Å². The molecule has 0 spiro atoms. The summed E-state index contributed by atoms with van der Waals surface area (Å²) < 4.78 is 50.7. The molecule has 1 aromatic heterocycles. The normalized spacial score (nSPS) is 11.3. The van der Waals surface area contributed by atoms with E-state index in [0.29, 0.717) is 31.8 Å². The van der Waals surface area contributed by atoms with E-state index in [-0.39, 0.29) is 24.8 Å². The maximum absolute atomic E-state index is 16.6. The zero-order valence-electron chi connectivity index (χ0n) is 27.3. The second-order valence-corrected chi connectivity index (χ2v) is 22.3. The molecule has 0 amide bonds. The molecular weight excluding hydrogens is 813 g/mol. The minimum absolute atomic E-state index is 0. The molecule has 7 aromatic rings. The first-order chi connectivity index (χ1) is 23.9. The molecule has 0 radical (unpaired) electrons. The molecule has 257 valence electrons. The van der Waals surface area contributed by atoms with Gasteiger partial charge in [-0.2, -0.15) is 0 Å². The third-order valence-electron chi connectivity index (χ3n) is 8.23. The molecule has 0 aliphatic heterocycles. The van der Waals surface area contributed by atoms with Crippen LogP contribution in [0.5, 0.6) is 0 Å². The van der Waals surface area contributed by atoms with Gasteiger partial charge in [-0.05, 0) is 0 Å². The van der Waals surface area contributed by atoms with E-state index in [1.807, 2.05) is 182 Å². The number of halogens is 2. The number of aromatic nitrogens is 3. The molecule has 1 N–H and O–H groups in total. The summed E-state index contributed by atoms with van der Waals surface area (Å²) in [5.41, 5.74) is 0. The van der Waals surface area contributed by atoms with Crippen LogP contribution in [0.1, 0.15) is 0 Å². The number of benzene rings is 6. The van der Waals surface area contributed by atoms with Gasteiger partial charge in [0.15, 0.2) is 21.4 Å². The van der Waals surface area contributed by atoms with Crippen LogP contribution in [0.15, 0.2) is 188 Å². The summed E-state index contributed by atoms with van der Waals surface area (Å²) in [4.78, 5) is 0. The SMILES string of the molecule is Cl.Cl.O=P(c1ccccc1)(c1ccccc1)C(P(=O)(c1ccccc1)c1ccccc1)P(=O)(c1ccccc1)c1ccccc1.[Zr][c]1c[nH]nn1. The van der Waals surface area contributed by atoms with E-state index in [1.54, 1.807) is 6.20 Å². The van der Waals surface area contributed by atoms with E-state index in [4.69, 9.17) is 0 Å². The first kappa shape index (κ1) is 40.4. The van der Waals surface area contributed by atoms with Crippen molar-refractivity contribution in [3.8, 4) is 0 Å². The summed E-state index contributed by atoms with van der Waals surface area (Å²) >= 11 is 1.30. The van der Waals surface area contributed by atoms with Gasteiger partial charge in [0.05, 0.1) is 0 Å². The van der Waals surface area contributed by atoms with Gasteiger partial charge < -0.3 is 13.7 Å². The number of nitrogens with zero attached hydrogens (tertiary/aromatic N) is 2. The van der Waals surface area contributed by atoms with Crippen molar-refractivity contribution in [2.75, 3.05) is 0 Å². The zero-order valence-corrected chi connectivity index (χ0v) is 34.0. The average molecular weight is 849 g/mol. The predicted octanol–water partition coefficient (Wildman–Crippen LogP) is 7.13. The molecule has 51 heavy (non-hydrogen) atoms. The average Bonchev–Trinajstić information content (AvgIpc) is 3.67. The maximum atomic E-state index is 16.6. The van der Waals surface area contributed by atoms with E-state index >= 15 is 13.7 Å². The summed E-state index contributed by atoms with van der Waals surface area (Å²) in [5.74, 6) is 0. The third-order valence-corrected chi connectivity index (χ3v) is 23.0. The molecule has 6 nitrogen and oxygen atoms in total. The van der Waals surface area contributed by atoms with Crippen molar-refractivity contribution in [2.24, 2.45) is 0 Å². The zero-order chi connectivity index (χ0) is 34.2. The van der Waals surface area contributed by atoms with E-state index in [2.05, 4.69) is 15.4 Å². The number of hydrogen-bond acceptors (Lipinski definition) is 5. The Morgan fingerprint density at radius 2 is 0.627 bits per heavy atom. The first-order valence-corrected chi connectivity index (χ1v) is 22.2. The topological polar surface area (TPSA) is 92.8 Å². The summed E-state index contributed by atoms with van der Waals surface area (Å²) in [5, 5.41) is 11.5. The summed E-state index contributed by atoms with van der Waals surface area (Å²) in [6.45, 7) is 0. The number of aromatic amines is 1. The molecule has 0 bridgehead atoms. The van der Waals surface area contributed by atoms with E-state index in [9.17, 15) is 0 Å². The van der Waals surface area contributed by atoms with Crippen molar-refractivity contribution >= 4 is 81.5 Å². The van der Waals surface area contributed by atoms with Crippen LogP contribution in [0.2, 0.25) is 0 Å². The van der Waals surface area contributed by atoms with Crippen molar-refractivity contribution in [3.05, 3.63) is 188 Å². The summed E-state index contributed by atoms with van der Waals surface area (Å²) in [6, 6.07) is 55.2. The fourth-order valence-corrected chi connectivity index (χ4v) is 22.8. The van der Waals surface area contributed by atoms with Crippen LogP contribution in [-0.4, -0.2) is 20.6 Å². The molecule has 6 aromatic carbocycles. The Kier molecular flexibility index (Phi) is 14.6. The van der Waals surface area contributed by atoms with Gasteiger partial charge in [-0.1, -0.05) is 182 Å². The van der Waals surface area contributed by atoms with Gasteiger partial charge in [0.25, 0.3) is 0 Å². The van der Waals surface area contributed by atoms with E-state index in [1.165, 1.54) is 24.7 Å². The third kappa shape index (κ3) is 8.32. The minimum atomic E-state index is -3.97. The Bertz CT molecular complexity index is 1860. The van der Waals surface area contributed by atoms with Gasteiger partial charge in [-0.3, -0.25) is 0 Å². The Morgan fingerprint density at radius 1 is 0.412 bits per heavy atom. The van der Waals surface area contributed by atoms with Crippen LogP contribution in [0, 0.1) is 0 Å². The van der Waals surface area contributed by atoms with Gasteiger partial charge in [-0.15, -0.1) is 24.8 Å². The number of hydrogen-bond donors (Lipinski definition) is 1. The van der Waals surface area contributed by atoms with Crippen LogP contribution in [0.3, 0.4) is 0 Å². The molecule has 0 saturated heterocycles. The fourth-order valence-electron chi connectivity index (χ4n) is 6.03. The molecule has 0 aliphatic carbocycles. The molecule has 0 unspecified atom stereocenters. The van der Waals surface area contributed by atoms with Gasteiger partial charge >= 0.3 is 49.7 Å². The number of H-pyrrole nitrogens is 1. The Labute approximate surface area is 326 Å². The van der Waals surface area contributed by atoms with Crippen molar-refractivity contribution in [1.82, 2.24) is 15.4 Å². The standard InChI is InChI=1S/C37H31O3P3.C2H2N3.2ClH.Zr/c38-41(31-19-7-1-8-20-31,32-21-9-2-10-22-32)37(42(39,33-23-11-3-12-24-33)34-25-13-4-14-26-34)43(40,35-27-15-5-16-28-35)36-29-17-6-18-30-36;1-2-4-5-3-1;;;/h1-30,37H;1H,(H,3,4,5);2*1H;. The van der Waals surface area contributed by atoms with Gasteiger partial charge in [-0.25, -0.2) is 0 Å². The van der Waals surface area contributed by atoms with Gasteiger partial charge in [0, 0.05) is 31.8 Å². The molecular formula is C39H35Cl2N3O3P3Zr. The Balaban J connectivity index is 0.000000662. The summed E-state index contributed by atoms with van der Waals surface area (Å²) in [6.07, 6.45) is 1.78. The summed E-state index contributed by atoms with van der Waals surface area (Å²) in [7, 11) is -11.9. The van der Waals surface area contributed by atoms with Crippen LogP contribution >= 0.6 is 46.2 Å².